The standard InChI is InChI=1S/C44H66O8/c1-6-11-13-15-17-21-27-47-30-35(51-41(45)9-4)32-49-43-37-23-19-20-24-38(37)44(40-29-34(8-3)25-26-39(40)43)50-33-36(52-42(46)10-5)31-48-28-22-18-16-14-12-7-2/h19-20,23-26,29,35-36H,6-18,21-22,27-28,30-33H2,1-5H3. The van der Waals surface area contributed by atoms with E-state index >= 15 is 0 Å². The average Bonchev–Trinajstić information content (AvgIpc) is 3.17. The molecule has 0 bridgehead atoms. The fraction of sp³-hybridized carbons (Fsp3) is 0.636. The van der Waals surface area contributed by atoms with Gasteiger partial charge in [0.2, 0.25) is 0 Å². The predicted molar refractivity (Wildman–Crippen MR) is 211 cm³/mol. The van der Waals surface area contributed by atoms with Crippen molar-refractivity contribution in [1.82, 2.24) is 0 Å². The van der Waals surface area contributed by atoms with Crippen LogP contribution in [0.3, 0.4) is 0 Å². The van der Waals surface area contributed by atoms with Gasteiger partial charge < -0.3 is 28.4 Å². The Morgan fingerprint density at radius 3 is 1.42 bits per heavy atom. The van der Waals surface area contributed by atoms with Crippen molar-refractivity contribution < 1.29 is 38.0 Å². The summed E-state index contributed by atoms with van der Waals surface area (Å²) >= 11 is 0. The minimum Gasteiger partial charge on any atom is -0.488 e. The molecule has 3 aromatic rings. The molecule has 0 aliphatic rings. The van der Waals surface area contributed by atoms with Crippen LogP contribution in [0.2, 0.25) is 0 Å². The summed E-state index contributed by atoms with van der Waals surface area (Å²) in [5, 5.41) is 3.56. The molecule has 8 nitrogen and oxygen atoms in total. The molecule has 0 saturated carbocycles. The van der Waals surface area contributed by atoms with E-state index in [-0.39, 0.29) is 51.2 Å². The summed E-state index contributed by atoms with van der Waals surface area (Å²) < 4.78 is 36.7. The number of esters is 2. The molecule has 3 aromatic carbocycles. The molecule has 0 radical (unpaired) electrons. The molecule has 2 atom stereocenters. The van der Waals surface area contributed by atoms with Gasteiger partial charge in [-0.3, -0.25) is 9.59 Å². The Hall–Kier alpha value is -3.36. The van der Waals surface area contributed by atoms with Gasteiger partial charge in [-0.15, -0.1) is 0 Å². The van der Waals surface area contributed by atoms with Crippen LogP contribution >= 0.6 is 0 Å². The van der Waals surface area contributed by atoms with E-state index in [9.17, 15) is 9.59 Å². The summed E-state index contributed by atoms with van der Waals surface area (Å²) in [6.07, 6.45) is 14.5. The smallest absolute Gasteiger partial charge is 0.305 e. The van der Waals surface area contributed by atoms with E-state index in [0.29, 0.717) is 24.7 Å². The van der Waals surface area contributed by atoms with Crippen LogP contribution < -0.4 is 9.47 Å². The van der Waals surface area contributed by atoms with E-state index in [0.717, 1.165) is 59.2 Å². The van der Waals surface area contributed by atoms with Crippen molar-refractivity contribution in [2.75, 3.05) is 39.6 Å². The van der Waals surface area contributed by atoms with Crippen LogP contribution in [0, 0.1) is 0 Å². The Balaban J connectivity index is 1.81. The molecule has 3 rings (SSSR count). The van der Waals surface area contributed by atoms with E-state index in [2.05, 4.69) is 39.0 Å². The van der Waals surface area contributed by atoms with Crippen LogP contribution in [-0.4, -0.2) is 63.8 Å². The molecule has 52 heavy (non-hydrogen) atoms. The lowest BCUT2D eigenvalue weighted by Crippen LogP contribution is -2.30. The van der Waals surface area contributed by atoms with Gasteiger partial charge in [-0.2, -0.15) is 0 Å². The summed E-state index contributed by atoms with van der Waals surface area (Å²) in [5.41, 5.74) is 1.16. The second kappa shape index (κ2) is 25.6. The van der Waals surface area contributed by atoms with Crippen LogP contribution in [0.4, 0.5) is 0 Å². The molecule has 0 saturated heterocycles. The third-order valence-electron chi connectivity index (χ3n) is 9.29. The van der Waals surface area contributed by atoms with Gasteiger partial charge in [0.15, 0.2) is 12.2 Å². The summed E-state index contributed by atoms with van der Waals surface area (Å²) in [6, 6.07) is 14.3. The van der Waals surface area contributed by atoms with E-state index in [1.807, 2.05) is 24.3 Å². The molecular formula is C44H66O8. The first-order valence-corrected chi connectivity index (χ1v) is 20.2. The van der Waals surface area contributed by atoms with Gasteiger partial charge in [-0.1, -0.05) is 135 Å². The van der Waals surface area contributed by atoms with Crippen LogP contribution in [0.1, 0.15) is 130 Å². The van der Waals surface area contributed by atoms with E-state index in [1.54, 1.807) is 13.8 Å². The lowest BCUT2D eigenvalue weighted by atomic mass is 9.98. The van der Waals surface area contributed by atoms with Crippen molar-refractivity contribution in [2.24, 2.45) is 0 Å². The third-order valence-corrected chi connectivity index (χ3v) is 9.29. The second-order valence-corrected chi connectivity index (χ2v) is 13.7. The van der Waals surface area contributed by atoms with Gasteiger partial charge in [0.1, 0.15) is 24.7 Å². The Labute approximate surface area is 313 Å². The molecule has 0 amide bonds. The van der Waals surface area contributed by atoms with Crippen LogP contribution in [-0.2, 0) is 35.0 Å². The molecule has 0 spiro atoms. The molecule has 0 aromatic heterocycles. The highest BCUT2D eigenvalue weighted by Gasteiger charge is 2.22. The second-order valence-electron chi connectivity index (χ2n) is 13.7. The Morgan fingerprint density at radius 2 is 0.962 bits per heavy atom. The number of ether oxygens (including phenoxy) is 6. The van der Waals surface area contributed by atoms with Gasteiger partial charge in [0, 0.05) is 47.6 Å². The Bertz CT molecular complexity index is 1450. The molecule has 0 fully saturated rings. The molecule has 8 heteroatoms. The van der Waals surface area contributed by atoms with Crippen molar-refractivity contribution in [1.29, 1.82) is 0 Å². The Morgan fingerprint density at radius 1 is 0.519 bits per heavy atom. The van der Waals surface area contributed by atoms with Gasteiger partial charge in [0.25, 0.3) is 0 Å². The number of carbonyl (C=O) groups excluding carboxylic acids is 2. The third kappa shape index (κ3) is 14.9. The fourth-order valence-electron chi connectivity index (χ4n) is 6.20. The lowest BCUT2D eigenvalue weighted by Gasteiger charge is -2.23. The maximum absolute atomic E-state index is 12.4. The SMILES string of the molecule is CCCCCCCCOCC(COc1c2ccccc2c(OCC(COCCCCCCCC)OC(=O)CC)c2cc(CC)ccc12)OC(=O)CC. The van der Waals surface area contributed by atoms with Gasteiger partial charge in [-0.05, 0) is 30.9 Å². The highest BCUT2D eigenvalue weighted by Crippen LogP contribution is 2.43. The van der Waals surface area contributed by atoms with Gasteiger partial charge >= 0.3 is 11.9 Å². The van der Waals surface area contributed by atoms with E-state index in [4.69, 9.17) is 28.4 Å². The summed E-state index contributed by atoms with van der Waals surface area (Å²) in [6.45, 7) is 12.3. The summed E-state index contributed by atoms with van der Waals surface area (Å²) in [4.78, 5) is 24.8. The van der Waals surface area contributed by atoms with Crippen LogP contribution in [0.15, 0.2) is 42.5 Å². The number of unbranched alkanes of at least 4 members (excludes halogenated alkanes) is 10. The normalized spacial score (nSPS) is 12.6. The predicted octanol–water partition coefficient (Wildman–Crippen LogP) is 10.7. The maximum atomic E-state index is 12.4. The van der Waals surface area contributed by atoms with Crippen LogP contribution in [0.5, 0.6) is 11.5 Å². The van der Waals surface area contributed by atoms with Crippen molar-refractivity contribution in [3.05, 3.63) is 48.0 Å². The number of benzene rings is 3. The minimum atomic E-state index is -0.544. The molecule has 0 heterocycles. The zero-order valence-corrected chi connectivity index (χ0v) is 32.8. The molecule has 2 unspecified atom stereocenters. The number of hydrogen-bond donors (Lipinski definition) is 0. The van der Waals surface area contributed by atoms with Crippen molar-refractivity contribution >= 4 is 33.5 Å². The summed E-state index contributed by atoms with van der Waals surface area (Å²) in [5.74, 6) is 0.845. The number of rotatable bonds is 29. The van der Waals surface area contributed by atoms with E-state index in [1.165, 1.54) is 51.4 Å². The lowest BCUT2D eigenvalue weighted by molar-refractivity contribution is -0.154. The van der Waals surface area contributed by atoms with Crippen molar-refractivity contribution in [3.63, 3.8) is 0 Å². The molecule has 290 valence electrons. The van der Waals surface area contributed by atoms with Crippen LogP contribution in [0.25, 0.3) is 21.5 Å². The fourth-order valence-corrected chi connectivity index (χ4v) is 6.20. The number of carbonyl (C=O) groups is 2. The van der Waals surface area contributed by atoms with Crippen molar-refractivity contribution in [2.45, 2.75) is 143 Å². The number of fused-ring (bicyclic) bond motifs is 2. The topological polar surface area (TPSA) is 89.5 Å². The van der Waals surface area contributed by atoms with Crippen molar-refractivity contribution in [3.8, 4) is 11.5 Å². The average molecular weight is 723 g/mol. The zero-order valence-electron chi connectivity index (χ0n) is 32.8. The molecular weight excluding hydrogens is 656 g/mol. The highest BCUT2D eigenvalue weighted by atomic mass is 16.6. The maximum Gasteiger partial charge on any atom is 0.305 e. The first-order chi connectivity index (χ1) is 25.4. The Kier molecular flexibility index (Phi) is 21.2. The molecule has 0 N–H and O–H groups in total. The van der Waals surface area contributed by atoms with E-state index < -0.39 is 12.2 Å². The first-order valence-electron chi connectivity index (χ1n) is 20.2. The quantitative estimate of drug-likeness (QED) is 0.0397. The van der Waals surface area contributed by atoms with Gasteiger partial charge in [-0.25, -0.2) is 0 Å². The molecule has 0 aliphatic carbocycles. The highest BCUT2D eigenvalue weighted by molar-refractivity contribution is 6.11. The minimum absolute atomic E-state index is 0.155. The monoisotopic (exact) mass is 722 g/mol. The summed E-state index contributed by atoms with van der Waals surface area (Å²) in [7, 11) is 0. The number of aryl methyl sites for hydroxylation is 1. The van der Waals surface area contributed by atoms with Gasteiger partial charge in [0.05, 0.1) is 13.2 Å². The number of hydrogen-bond acceptors (Lipinski definition) is 8. The zero-order chi connectivity index (χ0) is 37.4. The molecule has 0 aliphatic heterocycles. The first kappa shape index (κ1) is 43.0. The largest absolute Gasteiger partial charge is 0.488 e.